The van der Waals surface area contributed by atoms with Gasteiger partial charge in [-0.25, -0.2) is 4.98 Å². The van der Waals surface area contributed by atoms with Gasteiger partial charge in [-0.2, -0.15) is 21.7 Å². The molecule has 0 aliphatic carbocycles. The topological polar surface area (TPSA) is 64.7 Å². The van der Waals surface area contributed by atoms with Crippen LogP contribution >= 0.6 is 11.8 Å². The Morgan fingerprint density at radius 1 is 1.20 bits per heavy atom. The van der Waals surface area contributed by atoms with Crippen molar-refractivity contribution < 1.29 is 0 Å². The highest BCUT2D eigenvalue weighted by molar-refractivity contribution is 7.98. The van der Waals surface area contributed by atoms with Gasteiger partial charge in [0.1, 0.15) is 11.6 Å². The summed E-state index contributed by atoms with van der Waals surface area (Å²) in [4.78, 5) is 12.5. The number of aromatic nitrogens is 3. The second-order valence-corrected chi connectivity index (χ2v) is 4.82. The summed E-state index contributed by atoms with van der Waals surface area (Å²) in [5.41, 5.74) is 5.60. The fourth-order valence-corrected chi connectivity index (χ4v) is 2.00. The van der Waals surface area contributed by atoms with Gasteiger partial charge in [-0.05, 0) is 11.7 Å². The molecule has 0 amide bonds. The van der Waals surface area contributed by atoms with E-state index in [1.807, 2.05) is 18.7 Å². The molecule has 0 bridgehead atoms. The summed E-state index contributed by atoms with van der Waals surface area (Å²) in [7, 11) is 0. The van der Waals surface area contributed by atoms with Gasteiger partial charge >= 0.3 is 0 Å². The van der Waals surface area contributed by atoms with E-state index >= 15 is 0 Å². The SMILES string of the molecule is CCc1nc(N)nc(CSCC(C)C)n1. The van der Waals surface area contributed by atoms with Crippen LogP contribution in [0.2, 0.25) is 0 Å². The molecule has 0 saturated carbocycles. The van der Waals surface area contributed by atoms with Gasteiger partial charge in [-0.1, -0.05) is 20.8 Å². The zero-order chi connectivity index (χ0) is 11.3. The first-order valence-corrected chi connectivity index (χ1v) is 6.34. The van der Waals surface area contributed by atoms with E-state index < -0.39 is 0 Å². The third-order valence-corrected chi connectivity index (χ3v) is 3.11. The smallest absolute Gasteiger partial charge is 0.223 e. The molecule has 2 N–H and O–H groups in total. The number of rotatable bonds is 5. The first-order chi connectivity index (χ1) is 7.11. The second-order valence-electron chi connectivity index (χ2n) is 3.79. The van der Waals surface area contributed by atoms with Crippen molar-refractivity contribution in [2.45, 2.75) is 32.9 Å². The Bertz CT molecular complexity index is 314. The first-order valence-electron chi connectivity index (χ1n) is 5.18. The average molecular weight is 226 g/mol. The fraction of sp³-hybridized carbons (Fsp3) is 0.700. The van der Waals surface area contributed by atoms with Gasteiger partial charge in [0.25, 0.3) is 0 Å². The van der Waals surface area contributed by atoms with Crippen LogP contribution in [0.5, 0.6) is 0 Å². The summed E-state index contributed by atoms with van der Waals surface area (Å²) >= 11 is 1.83. The van der Waals surface area contributed by atoms with E-state index in [0.29, 0.717) is 11.9 Å². The molecular formula is C10H18N4S. The quantitative estimate of drug-likeness (QED) is 0.830. The second kappa shape index (κ2) is 5.90. The lowest BCUT2D eigenvalue weighted by Gasteiger charge is -2.05. The number of nitrogens with two attached hydrogens (primary N) is 1. The normalized spacial score (nSPS) is 10.9. The predicted octanol–water partition coefficient (Wildman–Crippen LogP) is 1.91. The molecule has 1 heterocycles. The highest BCUT2D eigenvalue weighted by atomic mass is 32.2. The van der Waals surface area contributed by atoms with Crippen molar-refractivity contribution in [1.29, 1.82) is 0 Å². The number of hydrogen-bond acceptors (Lipinski definition) is 5. The molecule has 1 aromatic heterocycles. The van der Waals surface area contributed by atoms with Crippen LogP contribution in [0.3, 0.4) is 0 Å². The zero-order valence-corrected chi connectivity index (χ0v) is 10.3. The van der Waals surface area contributed by atoms with Crippen LogP contribution < -0.4 is 5.73 Å². The van der Waals surface area contributed by atoms with Gasteiger partial charge in [-0.15, -0.1) is 0 Å². The monoisotopic (exact) mass is 226 g/mol. The molecular weight excluding hydrogens is 208 g/mol. The molecule has 84 valence electrons. The molecule has 0 aliphatic rings. The third kappa shape index (κ3) is 4.46. The van der Waals surface area contributed by atoms with E-state index in [9.17, 15) is 0 Å². The van der Waals surface area contributed by atoms with Crippen molar-refractivity contribution in [3.63, 3.8) is 0 Å². The summed E-state index contributed by atoms with van der Waals surface area (Å²) in [6.45, 7) is 6.41. The molecule has 0 aliphatic heterocycles. The number of aryl methyl sites for hydroxylation is 1. The van der Waals surface area contributed by atoms with E-state index in [-0.39, 0.29) is 0 Å². The maximum absolute atomic E-state index is 5.60. The lowest BCUT2D eigenvalue weighted by atomic mass is 10.3. The molecule has 0 spiro atoms. The molecule has 15 heavy (non-hydrogen) atoms. The minimum absolute atomic E-state index is 0.335. The minimum Gasteiger partial charge on any atom is -0.368 e. The van der Waals surface area contributed by atoms with Crippen LogP contribution in [0.4, 0.5) is 5.95 Å². The highest BCUT2D eigenvalue weighted by Crippen LogP contribution is 2.13. The van der Waals surface area contributed by atoms with Crippen LogP contribution in [-0.4, -0.2) is 20.7 Å². The van der Waals surface area contributed by atoms with E-state index in [4.69, 9.17) is 5.73 Å². The molecule has 0 radical (unpaired) electrons. The summed E-state index contributed by atoms with van der Waals surface area (Å²) in [5, 5.41) is 0. The molecule has 1 aromatic rings. The van der Waals surface area contributed by atoms with Gasteiger partial charge in [0, 0.05) is 6.42 Å². The van der Waals surface area contributed by atoms with E-state index in [1.54, 1.807) is 0 Å². The fourth-order valence-electron chi connectivity index (χ4n) is 1.10. The number of thioether (sulfide) groups is 1. The number of nitrogen functional groups attached to an aromatic ring is 1. The zero-order valence-electron chi connectivity index (χ0n) is 9.53. The summed E-state index contributed by atoms with van der Waals surface area (Å²) < 4.78 is 0. The Labute approximate surface area is 95.1 Å². The van der Waals surface area contributed by atoms with Crippen molar-refractivity contribution in [2.24, 2.45) is 5.92 Å². The summed E-state index contributed by atoms with van der Waals surface area (Å²) in [5.74, 6) is 4.54. The number of anilines is 1. The van der Waals surface area contributed by atoms with E-state index in [0.717, 1.165) is 29.6 Å². The third-order valence-electron chi connectivity index (χ3n) is 1.74. The Morgan fingerprint density at radius 2 is 1.87 bits per heavy atom. The van der Waals surface area contributed by atoms with Crippen LogP contribution in [0.25, 0.3) is 0 Å². The number of nitrogens with zero attached hydrogens (tertiary/aromatic N) is 3. The maximum atomic E-state index is 5.60. The van der Waals surface area contributed by atoms with Crippen molar-refractivity contribution in [2.75, 3.05) is 11.5 Å². The molecule has 0 atom stereocenters. The summed E-state index contributed by atoms with van der Waals surface area (Å²) in [6.07, 6.45) is 0.800. The molecule has 4 nitrogen and oxygen atoms in total. The number of hydrogen-bond donors (Lipinski definition) is 1. The van der Waals surface area contributed by atoms with E-state index in [1.165, 1.54) is 0 Å². The van der Waals surface area contributed by atoms with Crippen LogP contribution in [0.15, 0.2) is 0 Å². The van der Waals surface area contributed by atoms with E-state index in [2.05, 4.69) is 28.8 Å². The highest BCUT2D eigenvalue weighted by Gasteiger charge is 2.03. The Kier molecular flexibility index (Phi) is 4.81. The van der Waals surface area contributed by atoms with Crippen LogP contribution in [0.1, 0.15) is 32.4 Å². The molecule has 0 saturated heterocycles. The molecule has 0 unspecified atom stereocenters. The first kappa shape index (κ1) is 12.2. The van der Waals surface area contributed by atoms with Crippen molar-refractivity contribution in [3.8, 4) is 0 Å². The molecule has 0 fully saturated rings. The predicted molar refractivity (Wildman–Crippen MR) is 64.6 cm³/mol. The van der Waals surface area contributed by atoms with Gasteiger partial charge in [-0.3, -0.25) is 0 Å². The Balaban J connectivity index is 2.56. The molecule has 1 rings (SSSR count). The van der Waals surface area contributed by atoms with Gasteiger partial charge < -0.3 is 5.73 Å². The van der Waals surface area contributed by atoms with Gasteiger partial charge in [0.15, 0.2) is 0 Å². The summed E-state index contributed by atoms with van der Waals surface area (Å²) in [6, 6.07) is 0. The Morgan fingerprint density at radius 3 is 2.47 bits per heavy atom. The molecule has 0 aromatic carbocycles. The Hall–Kier alpha value is -0.840. The van der Waals surface area contributed by atoms with Crippen LogP contribution in [0, 0.1) is 5.92 Å². The molecule has 5 heteroatoms. The van der Waals surface area contributed by atoms with Crippen molar-refractivity contribution in [3.05, 3.63) is 11.6 Å². The van der Waals surface area contributed by atoms with Crippen molar-refractivity contribution >= 4 is 17.7 Å². The lowest BCUT2D eigenvalue weighted by Crippen LogP contribution is -2.06. The minimum atomic E-state index is 0.335. The standard InChI is InChI=1S/C10H18N4S/c1-4-8-12-9(14-10(11)13-8)6-15-5-7(2)3/h7H,4-6H2,1-3H3,(H2,11,12,13,14). The maximum Gasteiger partial charge on any atom is 0.223 e. The van der Waals surface area contributed by atoms with Gasteiger partial charge in [0.05, 0.1) is 5.75 Å². The largest absolute Gasteiger partial charge is 0.368 e. The lowest BCUT2D eigenvalue weighted by molar-refractivity contribution is 0.749. The van der Waals surface area contributed by atoms with Crippen molar-refractivity contribution in [1.82, 2.24) is 15.0 Å². The van der Waals surface area contributed by atoms with Crippen LogP contribution in [-0.2, 0) is 12.2 Å². The average Bonchev–Trinajstić information content (AvgIpc) is 2.16. The van der Waals surface area contributed by atoms with Gasteiger partial charge in [0.2, 0.25) is 5.95 Å².